The van der Waals surface area contributed by atoms with Crippen LogP contribution in [0.3, 0.4) is 0 Å². The van der Waals surface area contributed by atoms with E-state index in [9.17, 15) is 9.59 Å². The van der Waals surface area contributed by atoms with Gasteiger partial charge >= 0.3 is 0 Å². The Labute approximate surface area is 147 Å². The number of nitrogens with zero attached hydrogens (tertiary/aromatic N) is 3. The highest BCUT2D eigenvalue weighted by Crippen LogP contribution is 2.21. The molecular formula is C18H25N5O2. The lowest BCUT2D eigenvalue weighted by Crippen LogP contribution is -2.40. The zero-order valence-electron chi connectivity index (χ0n) is 15.2. The summed E-state index contributed by atoms with van der Waals surface area (Å²) in [5.41, 5.74) is 2.88. The Morgan fingerprint density at radius 3 is 2.72 bits per heavy atom. The van der Waals surface area contributed by atoms with Crippen LogP contribution in [-0.2, 0) is 6.54 Å². The first-order valence-electron chi connectivity index (χ1n) is 8.68. The molecule has 0 radical (unpaired) electrons. The van der Waals surface area contributed by atoms with Gasteiger partial charge < -0.3 is 15.2 Å². The van der Waals surface area contributed by atoms with Gasteiger partial charge in [-0.25, -0.2) is 0 Å². The predicted molar refractivity (Wildman–Crippen MR) is 94.5 cm³/mol. The van der Waals surface area contributed by atoms with Crippen molar-refractivity contribution in [3.63, 3.8) is 0 Å². The zero-order chi connectivity index (χ0) is 18.1. The molecule has 0 aromatic carbocycles. The Balaban J connectivity index is 1.68. The summed E-state index contributed by atoms with van der Waals surface area (Å²) >= 11 is 0. The van der Waals surface area contributed by atoms with E-state index in [-0.39, 0.29) is 23.8 Å². The molecule has 3 rings (SSSR count). The number of hydrogen-bond acceptors (Lipinski definition) is 3. The van der Waals surface area contributed by atoms with Crippen molar-refractivity contribution < 1.29 is 9.59 Å². The second-order valence-electron chi connectivity index (χ2n) is 6.79. The molecule has 0 saturated carbocycles. The lowest BCUT2D eigenvalue weighted by Gasteiger charge is -2.17. The molecule has 2 amide bonds. The first kappa shape index (κ1) is 17.3. The van der Waals surface area contributed by atoms with Crippen LogP contribution in [0.15, 0.2) is 18.5 Å². The average molecular weight is 343 g/mol. The van der Waals surface area contributed by atoms with Crippen LogP contribution >= 0.6 is 0 Å². The van der Waals surface area contributed by atoms with Crippen LogP contribution in [0, 0.1) is 19.8 Å². The first-order valence-corrected chi connectivity index (χ1v) is 8.68. The van der Waals surface area contributed by atoms with Crippen LogP contribution in [0.2, 0.25) is 0 Å². The van der Waals surface area contributed by atoms with E-state index in [0.29, 0.717) is 24.3 Å². The lowest BCUT2D eigenvalue weighted by atomic mass is 10.1. The molecule has 1 saturated heterocycles. The summed E-state index contributed by atoms with van der Waals surface area (Å²) in [6, 6.07) is 1.82. The van der Waals surface area contributed by atoms with E-state index >= 15 is 0 Å². The first-order chi connectivity index (χ1) is 11.9. The molecule has 2 aromatic heterocycles. The van der Waals surface area contributed by atoms with Gasteiger partial charge in [0.2, 0.25) is 0 Å². The molecule has 2 unspecified atom stereocenters. The van der Waals surface area contributed by atoms with Crippen LogP contribution < -0.4 is 5.32 Å². The van der Waals surface area contributed by atoms with E-state index in [2.05, 4.69) is 22.3 Å². The number of likely N-dealkylation sites (tertiary alicyclic amines) is 1. The number of aromatic nitrogens is 3. The molecule has 25 heavy (non-hydrogen) atoms. The van der Waals surface area contributed by atoms with Gasteiger partial charge in [-0.15, -0.1) is 0 Å². The van der Waals surface area contributed by atoms with Gasteiger partial charge in [-0.2, -0.15) is 5.10 Å². The minimum absolute atomic E-state index is 0.0168. The third-order valence-corrected chi connectivity index (χ3v) is 4.90. The zero-order valence-corrected chi connectivity index (χ0v) is 15.2. The van der Waals surface area contributed by atoms with Gasteiger partial charge in [0.15, 0.2) is 0 Å². The number of hydrogen-bond donors (Lipinski definition) is 2. The topological polar surface area (TPSA) is 83.0 Å². The van der Waals surface area contributed by atoms with E-state index < -0.39 is 0 Å². The minimum atomic E-state index is -0.122. The molecule has 2 N–H and O–H groups in total. The maximum Gasteiger partial charge on any atom is 0.268 e. The third kappa shape index (κ3) is 3.31. The van der Waals surface area contributed by atoms with Crippen molar-refractivity contribution in [1.82, 2.24) is 25.0 Å². The highest BCUT2D eigenvalue weighted by atomic mass is 16.2. The number of nitrogens with one attached hydrogen (secondary N) is 2. The van der Waals surface area contributed by atoms with Gasteiger partial charge in [-0.3, -0.25) is 14.3 Å². The number of H-pyrrole nitrogens is 1. The Morgan fingerprint density at radius 2 is 2.12 bits per heavy atom. The second kappa shape index (κ2) is 6.74. The van der Waals surface area contributed by atoms with E-state index in [1.54, 1.807) is 22.0 Å². The van der Waals surface area contributed by atoms with Gasteiger partial charge in [0, 0.05) is 32.0 Å². The van der Waals surface area contributed by atoms with Gasteiger partial charge in [0.25, 0.3) is 11.8 Å². The quantitative estimate of drug-likeness (QED) is 0.887. The normalized spacial score (nSPS) is 20.1. The third-order valence-electron chi connectivity index (χ3n) is 4.90. The van der Waals surface area contributed by atoms with Gasteiger partial charge in [-0.1, -0.05) is 6.92 Å². The van der Waals surface area contributed by atoms with Crippen molar-refractivity contribution in [2.75, 3.05) is 13.1 Å². The number of aromatic amines is 1. The number of amides is 2. The number of rotatable bonds is 4. The Morgan fingerprint density at radius 1 is 1.36 bits per heavy atom. The maximum absolute atomic E-state index is 12.8. The monoisotopic (exact) mass is 343 g/mol. The van der Waals surface area contributed by atoms with Crippen molar-refractivity contribution in [3.8, 4) is 0 Å². The minimum Gasteiger partial charge on any atom is -0.357 e. The van der Waals surface area contributed by atoms with Gasteiger partial charge in [0.1, 0.15) is 5.69 Å². The van der Waals surface area contributed by atoms with E-state index in [0.717, 1.165) is 17.8 Å². The lowest BCUT2D eigenvalue weighted by molar-refractivity contribution is 0.0780. The Kier molecular flexibility index (Phi) is 4.65. The smallest absolute Gasteiger partial charge is 0.268 e. The molecule has 0 bridgehead atoms. The number of carbonyl (C=O) groups excluding carboxylic acids is 2. The maximum atomic E-state index is 12.8. The SMILES string of the molecule is CCn1cc(C(=O)N2CC(C)C(NC(=O)c3[nH]ccc3C)C2)c(C)n1. The molecule has 3 heterocycles. The van der Waals surface area contributed by atoms with Crippen molar-refractivity contribution >= 4 is 11.8 Å². The molecule has 1 aliphatic heterocycles. The summed E-state index contributed by atoms with van der Waals surface area (Å²) in [5.74, 6) is 0.0604. The fourth-order valence-electron chi connectivity index (χ4n) is 3.31. The molecule has 2 atom stereocenters. The average Bonchev–Trinajstić information content (AvgIpc) is 3.26. The Hall–Kier alpha value is -2.57. The Bertz CT molecular complexity index is 791. The highest BCUT2D eigenvalue weighted by Gasteiger charge is 2.35. The standard InChI is InChI=1S/C18H25N5O2/c1-5-23-9-14(13(4)21-23)18(25)22-8-12(3)15(10-22)20-17(24)16-11(2)6-7-19-16/h6-7,9,12,15,19H,5,8,10H2,1-4H3,(H,20,24). The molecule has 2 aromatic rings. The highest BCUT2D eigenvalue weighted by molar-refractivity contribution is 5.96. The molecule has 7 heteroatoms. The summed E-state index contributed by atoms with van der Waals surface area (Å²) < 4.78 is 1.77. The van der Waals surface area contributed by atoms with E-state index in [4.69, 9.17) is 0 Å². The summed E-state index contributed by atoms with van der Waals surface area (Å²) in [6.07, 6.45) is 3.56. The van der Waals surface area contributed by atoms with E-state index in [1.807, 2.05) is 26.8 Å². The molecular weight excluding hydrogens is 318 g/mol. The van der Waals surface area contributed by atoms with Crippen molar-refractivity contribution in [1.29, 1.82) is 0 Å². The summed E-state index contributed by atoms with van der Waals surface area (Å²) in [7, 11) is 0. The van der Waals surface area contributed by atoms with Crippen LogP contribution in [0.1, 0.15) is 46.0 Å². The van der Waals surface area contributed by atoms with Crippen molar-refractivity contribution in [2.24, 2.45) is 5.92 Å². The summed E-state index contributed by atoms with van der Waals surface area (Å²) in [6.45, 7) is 9.68. The molecule has 0 spiro atoms. The predicted octanol–water partition coefficient (Wildman–Crippen LogP) is 1.74. The van der Waals surface area contributed by atoms with Crippen LogP contribution in [0.25, 0.3) is 0 Å². The number of aryl methyl sites for hydroxylation is 3. The molecule has 0 aliphatic carbocycles. The fourth-order valence-corrected chi connectivity index (χ4v) is 3.31. The second-order valence-corrected chi connectivity index (χ2v) is 6.79. The van der Waals surface area contributed by atoms with Gasteiger partial charge in [0.05, 0.1) is 17.3 Å². The van der Waals surface area contributed by atoms with Crippen molar-refractivity contribution in [2.45, 2.75) is 40.3 Å². The van der Waals surface area contributed by atoms with Crippen LogP contribution in [-0.4, -0.2) is 50.6 Å². The summed E-state index contributed by atoms with van der Waals surface area (Å²) in [4.78, 5) is 30.0. The van der Waals surface area contributed by atoms with Gasteiger partial charge in [-0.05, 0) is 38.3 Å². The van der Waals surface area contributed by atoms with Crippen LogP contribution in [0.4, 0.5) is 0 Å². The largest absolute Gasteiger partial charge is 0.357 e. The fraction of sp³-hybridized carbons (Fsp3) is 0.500. The summed E-state index contributed by atoms with van der Waals surface area (Å²) in [5, 5.41) is 7.40. The molecule has 134 valence electrons. The van der Waals surface area contributed by atoms with Crippen LogP contribution in [0.5, 0.6) is 0 Å². The molecule has 7 nitrogen and oxygen atoms in total. The van der Waals surface area contributed by atoms with Crippen molar-refractivity contribution in [3.05, 3.63) is 41.0 Å². The molecule has 1 fully saturated rings. The van der Waals surface area contributed by atoms with E-state index in [1.165, 1.54) is 0 Å². The molecule has 1 aliphatic rings. The number of carbonyl (C=O) groups is 2.